The van der Waals surface area contributed by atoms with Gasteiger partial charge in [-0.2, -0.15) is 0 Å². The molecule has 19 heavy (non-hydrogen) atoms. The highest BCUT2D eigenvalue weighted by molar-refractivity contribution is 9.10. The Morgan fingerprint density at radius 2 is 1.95 bits per heavy atom. The summed E-state index contributed by atoms with van der Waals surface area (Å²) in [5.41, 5.74) is 6.87. The van der Waals surface area contributed by atoms with Crippen molar-refractivity contribution >= 4 is 25.8 Å². The molecule has 0 aromatic heterocycles. The van der Waals surface area contributed by atoms with Crippen molar-refractivity contribution in [2.45, 2.75) is 37.9 Å². The molecule has 2 N–H and O–H groups in total. The zero-order valence-electron chi connectivity index (χ0n) is 11.7. The van der Waals surface area contributed by atoms with Crippen LogP contribution in [0.2, 0.25) is 0 Å². The molecule has 0 bridgehead atoms. The molecule has 5 heteroatoms. The summed E-state index contributed by atoms with van der Waals surface area (Å²) in [6, 6.07) is 7.89. The molecule has 0 aliphatic rings. The first kappa shape index (κ1) is 16.7. The summed E-state index contributed by atoms with van der Waals surface area (Å²) in [5.74, 6) is 0.250. The summed E-state index contributed by atoms with van der Waals surface area (Å²) >= 11 is 3.42. The summed E-state index contributed by atoms with van der Waals surface area (Å²) in [6.45, 7) is 5.66. The molecule has 0 aliphatic carbocycles. The van der Waals surface area contributed by atoms with Crippen LogP contribution in [0.25, 0.3) is 0 Å². The fourth-order valence-corrected chi connectivity index (χ4v) is 3.41. The second-order valence-electron chi connectivity index (χ2n) is 5.71. The molecule has 0 aliphatic heterocycles. The van der Waals surface area contributed by atoms with Crippen molar-refractivity contribution in [2.24, 2.45) is 5.73 Å². The van der Waals surface area contributed by atoms with Gasteiger partial charge in [-0.25, -0.2) is 8.42 Å². The van der Waals surface area contributed by atoms with E-state index in [-0.39, 0.29) is 11.7 Å². The zero-order valence-corrected chi connectivity index (χ0v) is 14.1. The van der Waals surface area contributed by atoms with Gasteiger partial charge in [-0.1, -0.05) is 28.1 Å². The van der Waals surface area contributed by atoms with Crippen LogP contribution in [0.1, 0.15) is 38.7 Å². The molecule has 0 heterocycles. The molecular formula is C14H22BrNO2S. The van der Waals surface area contributed by atoms with Gasteiger partial charge in [0.05, 0.1) is 10.5 Å². The number of benzene rings is 1. The lowest BCUT2D eigenvalue weighted by atomic mass is 9.97. The van der Waals surface area contributed by atoms with E-state index in [1.165, 1.54) is 0 Å². The van der Waals surface area contributed by atoms with Crippen molar-refractivity contribution in [3.05, 3.63) is 34.3 Å². The second kappa shape index (κ2) is 6.37. The molecular weight excluding hydrogens is 326 g/mol. The fourth-order valence-electron chi connectivity index (χ4n) is 1.78. The third-order valence-corrected chi connectivity index (χ3v) is 6.41. The van der Waals surface area contributed by atoms with Gasteiger partial charge in [0, 0.05) is 4.47 Å². The Balaban J connectivity index is 2.80. The second-order valence-corrected chi connectivity index (χ2v) is 9.49. The van der Waals surface area contributed by atoms with Gasteiger partial charge in [0.1, 0.15) is 0 Å². The quantitative estimate of drug-likeness (QED) is 0.890. The van der Waals surface area contributed by atoms with Crippen molar-refractivity contribution in [1.82, 2.24) is 0 Å². The summed E-state index contributed by atoms with van der Waals surface area (Å²) in [6.07, 6.45) is 0.562. The molecule has 3 nitrogen and oxygen atoms in total. The van der Waals surface area contributed by atoms with Crippen LogP contribution in [0, 0.1) is 0 Å². The van der Waals surface area contributed by atoms with Crippen molar-refractivity contribution in [2.75, 3.05) is 12.3 Å². The van der Waals surface area contributed by atoms with E-state index in [1.54, 1.807) is 20.8 Å². The van der Waals surface area contributed by atoms with Crippen molar-refractivity contribution in [1.29, 1.82) is 0 Å². The topological polar surface area (TPSA) is 60.2 Å². The van der Waals surface area contributed by atoms with E-state index < -0.39 is 14.6 Å². The highest BCUT2D eigenvalue weighted by atomic mass is 79.9. The highest BCUT2D eigenvalue weighted by Gasteiger charge is 2.29. The maximum atomic E-state index is 12.1. The van der Waals surface area contributed by atoms with Crippen LogP contribution in [0.5, 0.6) is 0 Å². The predicted octanol–water partition coefficient (Wildman–Crippen LogP) is 3.09. The van der Waals surface area contributed by atoms with Crippen LogP contribution in [0.3, 0.4) is 0 Å². The van der Waals surface area contributed by atoms with Crippen LogP contribution in [0.4, 0.5) is 0 Å². The lowest BCUT2D eigenvalue weighted by molar-refractivity contribution is 0.551. The molecule has 0 radical (unpaired) electrons. The minimum atomic E-state index is -3.09. The van der Waals surface area contributed by atoms with Crippen LogP contribution in [0.15, 0.2) is 28.7 Å². The highest BCUT2D eigenvalue weighted by Crippen LogP contribution is 2.25. The maximum absolute atomic E-state index is 12.1. The van der Waals surface area contributed by atoms with E-state index in [0.29, 0.717) is 13.0 Å². The molecule has 0 saturated heterocycles. The van der Waals surface area contributed by atoms with Crippen molar-refractivity contribution in [3.8, 4) is 0 Å². The molecule has 0 fully saturated rings. The van der Waals surface area contributed by atoms with E-state index in [0.717, 1.165) is 10.0 Å². The van der Waals surface area contributed by atoms with E-state index in [9.17, 15) is 8.42 Å². The van der Waals surface area contributed by atoms with Crippen LogP contribution in [-0.4, -0.2) is 25.5 Å². The molecule has 1 aromatic carbocycles. The standard InChI is InChI=1S/C14H22BrNO2S/c1-14(2,3)19(17,18)8-7-12(10-16)11-5-4-6-13(15)9-11/h4-6,9,12H,7-8,10,16H2,1-3H3. The first-order valence-electron chi connectivity index (χ1n) is 6.35. The molecule has 0 amide bonds. The summed E-state index contributed by atoms with van der Waals surface area (Å²) in [7, 11) is -3.09. The molecule has 108 valence electrons. The van der Waals surface area contributed by atoms with Gasteiger partial charge < -0.3 is 5.73 Å². The predicted molar refractivity (Wildman–Crippen MR) is 84.1 cm³/mol. The van der Waals surface area contributed by atoms with E-state index in [2.05, 4.69) is 15.9 Å². The van der Waals surface area contributed by atoms with Gasteiger partial charge in [0.25, 0.3) is 0 Å². The number of nitrogens with two attached hydrogens (primary N) is 1. The lowest BCUT2D eigenvalue weighted by Crippen LogP contribution is -2.31. The molecule has 1 unspecified atom stereocenters. The van der Waals surface area contributed by atoms with Gasteiger partial charge in [0.15, 0.2) is 9.84 Å². The number of hydrogen-bond donors (Lipinski definition) is 1. The summed E-state index contributed by atoms with van der Waals surface area (Å²) < 4.78 is 24.5. The Hall–Kier alpha value is -0.390. The largest absolute Gasteiger partial charge is 0.330 e. The third-order valence-electron chi connectivity index (χ3n) is 3.27. The lowest BCUT2D eigenvalue weighted by Gasteiger charge is -2.21. The average molecular weight is 348 g/mol. The van der Waals surface area contributed by atoms with Gasteiger partial charge in [-0.15, -0.1) is 0 Å². The Kier molecular flexibility index (Phi) is 5.59. The van der Waals surface area contributed by atoms with Gasteiger partial charge in [-0.05, 0) is 57.4 Å². The van der Waals surface area contributed by atoms with Crippen LogP contribution >= 0.6 is 15.9 Å². The van der Waals surface area contributed by atoms with E-state index in [4.69, 9.17) is 5.73 Å². The number of rotatable bonds is 5. The first-order valence-corrected chi connectivity index (χ1v) is 8.80. The average Bonchev–Trinajstić information content (AvgIpc) is 2.28. The Morgan fingerprint density at radius 1 is 1.32 bits per heavy atom. The van der Waals surface area contributed by atoms with Gasteiger partial charge >= 0.3 is 0 Å². The van der Waals surface area contributed by atoms with E-state index in [1.807, 2.05) is 24.3 Å². The molecule has 1 atom stereocenters. The van der Waals surface area contributed by atoms with Gasteiger partial charge in [0.2, 0.25) is 0 Å². The number of hydrogen-bond acceptors (Lipinski definition) is 3. The number of sulfone groups is 1. The smallest absolute Gasteiger partial charge is 0.155 e. The molecule has 1 rings (SSSR count). The van der Waals surface area contributed by atoms with Crippen molar-refractivity contribution in [3.63, 3.8) is 0 Å². The SMILES string of the molecule is CC(C)(C)S(=O)(=O)CCC(CN)c1cccc(Br)c1. The Bertz CT molecular complexity index is 520. The van der Waals surface area contributed by atoms with E-state index >= 15 is 0 Å². The Morgan fingerprint density at radius 3 is 2.42 bits per heavy atom. The Labute approximate surface area is 124 Å². The summed E-state index contributed by atoms with van der Waals surface area (Å²) in [5, 5.41) is 0. The summed E-state index contributed by atoms with van der Waals surface area (Å²) in [4.78, 5) is 0. The zero-order chi connectivity index (χ0) is 14.7. The first-order chi connectivity index (χ1) is 8.67. The molecule has 0 saturated carbocycles. The molecule has 0 spiro atoms. The third kappa shape index (κ3) is 4.58. The fraction of sp³-hybridized carbons (Fsp3) is 0.571. The van der Waals surface area contributed by atoms with Crippen molar-refractivity contribution < 1.29 is 8.42 Å². The minimum absolute atomic E-state index is 0.0784. The van der Waals surface area contributed by atoms with Gasteiger partial charge in [-0.3, -0.25) is 0 Å². The number of halogens is 1. The molecule has 1 aromatic rings. The van der Waals surface area contributed by atoms with Crippen LogP contribution < -0.4 is 5.73 Å². The normalized spacial score (nSPS) is 14.4. The minimum Gasteiger partial charge on any atom is -0.330 e. The monoisotopic (exact) mass is 347 g/mol. The maximum Gasteiger partial charge on any atom is 0.155 e. The van der Waals surface area contributed by atoms with Crippen LogP contribution in [-0.2, 0) is 9.84 Å².